The Labute approximate surface area is 126 Å². The number of rotatable bonds is 7. The molecular formula is C18H35NO. The standard InChI is InChI=1S/C18H35NO/c1-14(2)11-16(13-19-15(3)4)12-17-7-10-18(20-17)8-5-6-9-18/h14-17,19H,5-13H2,1-4H3. The smallest absolute Gasteiger partial charge is 0.0687 e. The zero-order valence-electron chi connectivity index (χ0n) is 14.1. The topological polar surface area (TPSA) is 21.3 Å². The van der Waals surface area contributed by atoms with Gasteiger partial charge in [0.15, 0.2) is 0 Å². The summed E-state index contributed by atoms with van der Waals surface area (Å²) in [5, 5.41) is 3.63. The first kappa shape index (κ1) is 16.3. The molecule has 2 heteroatoms. The molecule has 1 N–H and O–H groups in total. The summed E-state index contributed by atoms with van der Waals surface area (Å²) in [6.07, 6.45) is 11.2. The second-order valence-electron chi connectivity index (χ2n) is 7.96. The zero-order chi connectivity index (χ0) is 14.6. The van der Waals surface area contributed by atoms with Crippen molar-refractivity contribution in [1.29, 1.82) is 0 Å². The van der Waals surface area contributed by atoms with Gasteiger partial charge in [-0.15, -0.1) is 0 Å². The van der Waals surface area contributed by atoms with Crippen molar-refractivity contribution in [2.24, 2.45) is 11.8 Å². The van der Waals surface area contributed by atoms with Crippen molar-refractivity contribution in [3.63, 3.8) is 0 Å². The third kappa shape index (κ3) is 4.73. The van der Waals surface area contributed by atoms with E-state index in [9.17, 15) is 0 Å². The molecule has 1 saturated carbocycles. The summed E-state index contributed by atoms with van der Waals surface area (Å²) in [4.78, 5) is 0. The summed E-state index contributed by atoms with van der Waals surface area (Å²) in [5.74, 6) is 1.56. The summed E-state index contributed by atoms with van der Waals surface area (Å²) in [7, 11) is 0. The van der Waals surface area contributed by atoms with Gasteiger partial charge in [-0.05, 0) is 56.9 Å². The van der Waals surface area contributed by atoms with E-state index in [2.05, 4.69) is 33.0 Å². The fourth-order valence-electron chi connectivity index (χ4n) is 4.15. The molecule has 0 aromatic heterocycles. The Morgan fingerprint density at radius 1 is 1.10 bits per heavy atom. The molecule has 0 amide bonds. The lowest BCUT2D eigenvalue weighted by Gasteiger charge is -2.27. The lowest BCUT2D eigenvalue weighted by molar-refractivity contribution is -0.0450. The van der Waals surface area contributed by atoms with Gasteiger partial charge in [0.25, 0.3) is 0 Å². The highest BCUT2D eigenvalue weighted by Crippen LogP contribution is 2.44. The van der Waals surface area contributed by atoms with Crippen LogP contribution in [0.2, 0.25) is 0 Å². The van der Waals surface area contributed by atoms with Crippen LogP contribution in [-0.2, 0) is 4.74 Å². The van der Waals surface area contributed by atoms with Crippen molar-refractivity contribution in [3.8, 4) is 0 Å². The van der Waals surface area contributed by atoms with Gasteiger partial charge in [-0.3, -0.25) is 0 Å². The van der Waals surface area contributed by atoms with Crippen molar-refractivity contribution in [3.05, 3.63) is 0 Å². The molecule has 1 aliphatic heterocycles. The van der Waals surface area contributed by atoms with Gasteiger partial charge in [0.1, 0.15) is 0 Å². The van der Waals surface area contributed by atoms with Crippen LogP contribution in [0.25, 0.3) is 0 Å². The van der Waals surface area contributed by atoms with E-state index in [4.69, 9.17) is 4.74 Å². The van der Waals surface area contributed by atoms with Crippen LogP contribution < -0.4 is 5.32 Å². The first-order valence-electron chi connectivity index (χ1n) is 8.90. The molecule has 0 aromatic carbocycles. The number of hydrogen-bond donors (Lipinski definition) is 1. The minimum Gasteiger partial charge on any atom is -0.372 e. The molecule has 2 unspecified atom stereocenters. The van der Waals surface area contributed by atoms with Crippen molar-refractivity contribution < 1.29 is 4.74 Å². The minimum absolute atomic E-state index is 0.304. The summed E-state index contributed by atoms with van der Waals surface area (Å²) in [6, 6.07) is 0.593. The van der Waals surface area contributed by atoms with Gasteiger partial charge in [0.05, 0.1) is 11.7 Å². The lowest BCUT2D eigenvalue weighted by Crippen LogP contribution is -2.32. The van der Waals surface area contributed by atoms with E-state index >= 15 is 0 Å². The van der Waals surface area contributed by atoms with Gasteiger partial charge in [0, 0.05) is 6.04 Å². The van der Waals surface area contributed by atoms with Crippen LogP contribution >= 0.6 is 0 Å². The summed E-state index contributed by atoms with van der Waals surface area (Å²) < 4.78 is 6.50. The summed E-state index contributed by atoms with van der Waals surface area (Å²) >= 11 is 0. The highest BCUT2D eigenvalue weighted by molar-refractivity contribution is 4.93. The van der Waals surface area contributed by atoms with Crippen molar-refractivity contribution in [2.75, 3.05) is 6.54 Å². The average Bonchev–Trinajstić information content (AvgIpc) is 2.97. The van der Waals surface area contributed by atoms with Gasteiger partial charge in [-0.1, -0.05) is 40.5 Å². The Balaban J connectivity index is 1.81. The highest BCUT2D eigenvalue weighted by Gasteiger charge is 2.42. The van der Waals surface area contributed by atoms with Crippen molar-refractivity contribution >= 4 is 0 Å². The average molecular weight is 281 g/mol. The van der Waals surface area contributed by atoms with E-state index in [0.29, 0.717) is 17.7 Å². The highest BCUT2D eigenvalue weighted by atomic mass is 16.5. The van der Waals surface area contributed by atoms with E-state index in [1.54, 1.807) is 0 Å². The third-order valence-corrected chi connectivity index (χ3v) is 5.07. The van der Waals surface area contributed by atoms with Crippen LogP contribution in [0.4, 0.5) is 0 Å². The molecule has 1 spiro atoms. The Morgan fingerprint density at radius 3 is 2.40 bits per heavy atom. The van der Waals surface area contributed by atoms with Crippen LogP contribution in [0.3, 0.4) is 0 Å². The van der Waals surface area contributed by atoms with Gasteiger partial charge >= 0.3 is 0 Å². The first-order chi connectivity index (χ1) is 9.49. The summed E-state index contributed by atoms with van der Waals surface area (Å²) in [5.41, 5.74) is 0.304. The maximum absolute atomic E-state index is 6.50. The fourth-order valence-corrected chi connectivity index (χ4v) is 4.15. The molecule has 1 aliphatic carbocycles. The molecule has 0 bridgehead atoms. The third-order valence-electron chi connectivity index (χ3n) is 5.07. The van der Waals surface area contributed by atoms with Crippen LogP contribution in [0.1, 0.15) is 79.1 Å². The molecule has 0 radical (unpaired) electrons. The predicted molar refractivity (Wildman–Crippen MR) is 86.0 cm³/mol. The minimum atomic E-state index is 0.304. The Kier molecular flexibility index (Phi) is 5.92. The number of nitrogens with one attached hydrogen (secondary N) is 1. The molecule has 0 aromatic rings. The largest absolute Gasteiger partial charge is 0.372 e. The number of hydrogen-bond acceptors (Lipinski definition) is 2. The normalized spacial score (nSPS) is 27.0. The summed E-state index contributed by atoms with van der Waals surface area (Å²) in [6.45, 7) is 10.3. The molecule has 1 saturated heterocycles. The van der Waals surface area contributed by atoms with Crippen molar-refractivity contribution in [1.82, 2.24) is 5.32 Å². The molecule has 118 valence electrons. The van der Waals surface area contributed by atoms with Crippen LogP contribution in [0, 0.1) is 11.8 Å². The van der Waals surface area contributed by atoms with E-state index in [1.165, 1.54) is 51.4 Å². The van der Waals surface area contributed by atoms with Gasteiger partial charge in [-0.25, -0.2) is 0 Å². The Bertz CT molecular complexity index is 281. The van der Waals surface area contributed by atoms with Crippen LogP contribution in [0.5, 0.6) is 0 Å². The van der Waals surface area contributed by atoms with Crippen LogP contribution in [-0.4, -0.2) is 24.3 Å². The van der Waals surface area contributed by atoms with Crippen LogP contribution in [0.15, 0.2) is 0 Å². The Hall–Kier alpha value is -0.0800. The SMILES string of the molecule is CC(C)CC(CNC(C)C)CC1CCC2(CCCC2)O1. The molecule has 2 nitrogen and oxygen atoms in total. The fraction of sp³-hybridized carbons (Fsp3) is 1.00. The second kappa shape index (κ2) is 7.26. The molecule has 2 aliphatic rings. The van der Waals surface area contributed by atoms with Crippen molar-refractivity contribution in [2.45, 2.75) is 96.8 Å². The lowest BCUT2D eigenvalue weighted by atomic mass is 9.90. The van der Waals surface area contributed by atoms with Gasteiger partial charge in [0.2, 0.25) is 0 Å². The predicted octanol–water partition coefficient (Wildman–Crippen LogP) is 4.53. The molecule has 2 atom stereocenters. The van der Waals surface area contributed by atoms with E-state index < -0.39 is 0 Å². The maximum Gasteiger partial charge on any atom is 0.0687 e. The van der Waals surface area contributed by atoms with Gasteiger partial charge in [-0.2, -0.15) is 0 Å². The van der Waals surface area contributed by atoms with E-state index in [0.717, 1.165) is 18.4 Å². The first-order valence-corrected chi connectivity index (χ1v) is 8.90. The maximum atomic E-state index is 6.50. The molecule has 2 rings (SSSR count). The molecule has 1 heterocycles. The monoisotopic (exact) mass is 281 g/mol. The second-order valence-corrected chi connectivity index (χ2v) is 7.96. The Morgan fingerprint density at radius 2 is 1.80 bits per heavy atom. The molecule has 2 fully saturated rings. The van der Waals surface area contributed by atoms with E-state index in [1.807, 2.05) is 0 Å². The zero-order valence-corrected chi connectivity index (χ0v) is 14.1. The van der Waals surface area contributed by atoms with E-state index in [-0.39, 0.29) is 0 Å². The number of ether oxygens (including phenoxy) is 1. The molecular weight excluding hydrogens is 246 g/mol. The quantitative estimate of drug-likeness (QED) is 0.740. The van der Waals surface area contributed by atoms with Gasteiger partial charge < -0.3 is 10.1 Å². The molecule has 20 heavy (non-hydrogen) atoms.